The van der Waals surface area contributed by atoms with Crippen molar-refractivity contribution in [3.63, 3.8) is 0 Å². The van der Waals surface area contributed by atoms with Gasteiger partial charge in [-0.1, -0.05) is 6.07 Å². The zero-order valence-electron chi connectivity index (χ0n) is 11.6. The van der Waals surface area contributed by atoms with Gasteiger partial charge in [-0.15, -0.1) is 0 Å². The lowest BCUT2D eigenvalue weighted by Gasteiger charge is -2.60. The van der Waals surface area contributed by atoms with Crippen LogP contribution in [-0.4, -0.2) is 33.4 Å². The van der Waals surface area contributed by atoms with E-state index in [2.05, 4.69) is 10.3 Å². The Kier molecular flexibility index (Phi) is 2.73. The number of piperidine rings is 1. The highest BCUT2D eigenvalue weighted by molar-refractivity contribution is 6.04. The predicted octanol–water partition coefficient (Wildman–Crippen LogP) is 1.56. The number of hydrogen-bond donors (Lipinski definition) is 2. The number of rotatable bonds is 3. The van der Waals surface area contributed by atoms with Gasteiger partial charge in [0.1, 0.15) is 11.2 Å². The SMILES string of the molecule is Cc1ccc(C(=O)C2(C)CC[C@H]3C[C@@]2(C(=O)O)N3)nc1. The van der Waals surface area contributed by atoms with Gasteiger partial charge in [0.05, 0.1) is 5.41 Å². The van der Waals surface area contributed by atoms with Crippen molar-refractivity contribution in [2.24, 2.45) is 5.41 Å². The van der Waals surface area contributed by atoms with Crippen molar-refractivity contribution >= 4 is 11.8 Å². The van der Waals surface area contributed by atoms with E-state index in [1.807, 2.05) is 13.0 Å². The highest BCUT2D eigenvalue weighted by Gasteiger charge is 2.67. The lowest BCUT2D eigenvalue weighted by Crippen LogP contribution is -2.79. The fourth-order valence-electron chi connectivity index (χ4n) is 3.51. The Morgan fingerprint density at radius 2 is 2.15 bits per heavy atom. The molecule has 1 saturated carbocycles. The smallest absolute Gasteiger partial charge is 0.325 e. The summed E-state index contributed by atoms with van der Waals surface area (Å²) in [5.41, 5.74) is -0.730. The Hall–Kier alpha value is -1.75. The predicted molar refractivity (Wildman–Crippen MR) is 72.6 cm³/mol. The summed E-state index contributed by atoms with van der Waals surface area (Å²) in [6.07, 6.45) is 3.59. The van der Waals surface area contributed by atoms with Crippen molar-refractivity contribution in [3.8, 4) is 0 Å². The van der Waals surface area contributed by atoms with Gasteiger partial charge in [0.15, 0.2) is 5.78 Å². The molecule has 3 aliphatic rings. The number of fused-ring (bicyclic) bond motifs is 2. The molecule has 5 nitrogen and oxygen atoms in total. The Balaban J connectivity index is 2.00. The molecule has 0 aromatic carbocycles. The highest BCUT2D eigenvalue weighted by atomic mass is 16.4. The molecule has 2 saturated heterocycles. The number of nitrogens with zero attached hydrogens (tertiary/aromatic N) is 1. The number of hydrogen-bond acceptors (Lipinski definition) is 4. The fraction of sp³-hybridized carbons (Fsp3) is 0.533. The molecular weight excluding hydrogens is 256 g/mol. The standard InChI is InChI=1S/C15H18N2O3/c1-9-3-4-11(16-8-9)12(18)14(2)6-5-10-7-15(14,17-10)13(19)20/h3-4,8,10,17H,5-7H2,1-2H3,(H,19,20)/t10-,14?,15-/m0/s1. The summed E-state index contributed by atoms with van der Waals surface area (Å²) in [6.45, 7) is 3.66. The van der Waals surface area contributed by atoms with Crippen LogP contribution < -0.4 is 5.32 Å². The number of aryl methyl sites for hydroxylation is 1. The van der Waals surface area contributed by atoms with E-state index in [0.717, 1.165) is 12.0 Å². The average Bonchev–Trinajstić information content (AvgIpc) is 2.37. The first-order chi connectivity index (χ1) is 9.39. The Morgan fingerprint density at radius 3 is 2.70 bits per heavy atom. The summed E-state index contributed by atoms with van der Waals surface area (Å²) in [7, 11) is 0. The third-order valence-corrected chi connectivity index (χ3v) is 4.95. The van der Waals surface area contributed by atoms with E-state index in [1.165, 1.54) is 0 Å². The molecule has 0 amide bonds. The fourth-order valence-corrected chi connectivity index (χ4v) is 3.51. The zero-order valence-corrected chi connectivity index (χ0v) is 11.6. The molecule has 3 heterocycles. The average molecular weight is 274 g/mol. The summed E-state index contributed by atoms with van der Waals surface area (Å²) in [4.78, 5) is 28.7. The Labute approximate surface area is 117 Å². The minimum absolute atomic E-state index is 0.175. The van der Waals surface area contributed by atoms with E-state index in [1.54, 1.807) is 19.2 Å². The van der Waals surface area contributed by atoms with Crippen LogP contribution in [0.4, 0.5) is 0 Å². The van der Waals surface area contributed by atoms with Gasteiger partial charge < -0.3 is 5.11 Å². The number of carboxylic acids is 1. The van der Waals surface area contributed by atoms with E-state index in [-0.39, 0.29) is 11.8 Å². The van der Waals surface area contributed by atoms with Gasteiger partial charge in [0.25, 0.3) is 0 Å². The Morgan fingerprint density at radius 1 is 1.45 bits per heavy atom. The van der Waals surface area contributed by atoms with Gasteiger partial charge in [0.2, 0.25) is 0 Å². The maximum absolute atomic E-state index is 12.8. The van der Waals surface area contributed by atoms with Crippen LogP contribution >= 0.6 is 0 Å². The van der Waals surface area contributed by atoms with Crippen LogP contribution in [0.5, 0.6) is 0 Å². The maximum atomic E-state index is 12.8. The molecule has 5 heteroatoms. The van der Waals surface area contributed by atoms with E-state index in [4.69, 9.17) is 0 Å². The summed E-state index contributed by atoms with van der Waals surface area (Å²) >= 11 is 0. The van der Waals surface area contributed by atoms with Gasteiger partial charge in [0, 0.05) is 12.2 Å². The van der Waals surface area contributed by atoms with Crippen LogP contribution in [0.1, 0.15) is 42.2 Å². The quantitative estimate of drug-likeness (QED) is 0.818. The van der Waals surface area contributed by atoms with Crippen LogP contribution in [0, 0.1) is 12.3 Å². The van der Waals surface area contributed by atoms with Crippen molar-refractivity contribution in [1.29, 1.82) is 0 Å². The molecule has 2 aliphatic heterocycles. The number of carboxylic acid groups (broad SMARTS) is 1. The van der Waals surface area contributed by atoms with Crippen LogP contribution in [0.25, 0.3) is 0 Å². The van der Waals surface area contributed by atoms with E-state index in [0.29, 0.717) is 18.5 Å². The zero-order chi connectivity index (χ0) is 14.5. The second kappa shape index (κ2) is 4.12. The number of aromatic nitrogens is 1. The molecule has 20 heavy (non-hydrogen) atoms. The normalized spacial score (nSPS) is 35.2. The molecule has 3 fully saturated rings. The molecule has 3 atom stereocenters. The molecule has 1 aromatic heterocycles. The van der Waals surface area contributed by atoms with E-state index >= 15 is 0 Å². The molecule has 2 bridgehead atoms. The number of nitrogens with one attached hydrogen (secondary N) is 1. The molecule has 4 rings (SSSR count). The molecule has 2 N–H and O–H groups in total. The highest BCUT2D eigenvalue weighted by Crippen LogP contribution is 2.52. The molecule has 0 radical (unpaired) electrons. The largest absolute Gasteiger partial charge is 0.480 e. The number of ketones is 1. The molecule has 1 unspecified atom stereocenters. The van der Waals surface area contributed by atoms with Crippen LogP contribution in [0.3, 0.4) is 0 Å². The third kappa shape index (κ3) is 1.56. The minimum Gasteiger partial charge on any atom is -0.480 e. The van der Waals surface area contributed by atoms with Gasteiger partial charge in [-0.05, 0) is 44.7 Å². The van der Waals surface area contributed by atoms with Crippen LogP contribution in [-0.2, 0) is 4.79 Å². The van der Waals surface area contributed by atoms with Crippen molar-refractivity contribution < 1.29 is 14.7 Å². The van der Waals surface area contributed by atoms with Gasteiger partial charge in [-0.3, -0.25) is 19.9 Å². The van der Waals surface area contributed by atoms with Crippen molar-refractivity contribution in [3.05, 3.63) is 29.6 Å². The van der Waals surface area contributed by atoms with Gasteiger partial charge in [-0.25, -0.2) is 0 Å². The topological polar surface area (TPSA) is 79.3 Å². The monoisotopic (exact) mass is 274 g/mol. The lowest BCUT2D eigenvalue weighted by atomic mass is 9.53. The second-order valence-corrected chi connectivity index (χ2v) is 6.18. The molecule has 1 aromatic rings. The Bertz CT molecular complexity index is 575. The summed E-state index contributed by atoms with van der Waals surface area (Å²) in [6, 6.07) is 3.75. The molecule has 106 valence electrons. The van der Waals surface area contributed by atoms with Crippen molar-refractivity contribution in [2.75, 3.05) is 0 Å². The third-order valence-electron chi connectivity index (χ3n) is 4.95. The number of aliphatic carboxylic acids is 1. The lowest BCUT2D eigenvalue weighted by molar-refractivity contribution is -0.163. The first kappa shape index (κ1) is 13.2. The number of pyridine rings is 1. The van der Waals surface area contributed by atoms with Crippen LogP contribution in [0.15, 0.2) is 18.3 Å². The van der Waals surface area contributed by atoms with Crippen molar-refractivity contribution in [1.82, 2.24) is 10.3 Å². The molecular formula is C15H18N2O3. The minimum atomic E-state index is -1.13. The molecule has 1 aliphatic carbocycles. The maximum Gasteiger partial charge on any atom is 0.325 e. The van der Waals surface area contributed by atoms with Gasteiger partial charge in [-0.2, -0.15) is 0 Å². The first-order valence-corrected chi connectivity index (χ1v) is 6.88. The second-order valence-electron chi connectivity index (χ2n) is 6.18. The summed E-state index contributed by atoms with van der Waals surface area (Å²) in [5.74, 6) is -1.11. The van der Waals surface area contributed by atoms with Crippen molar-refractivity contribution in [2.45, 2.75) is 44.7 Å². The van der Waals surface area contributed by atoms with E-state index in [9.17, 15) is 14.7 Å². The summed E-state index contributed by atoms with van der Waals surface area (Å²) in [5, 5.41) is 12.7. The van der Waals surface area contributed by atoms with Crippen LogP contribution in [0.2, 0.25) is 0 Å². The number of carbonyl (C=O) groups excluding carboxylic acids is 1. The van der Waals surface area contributed by atoms with E-state index < -0.39 is 16.9 Å². The first-order valence-electron chi connectivity index (χ1n) is 6.88. The summed E-state index contributed by atoms with van der Waals surface area (Å²) < 4.78 is 0. The number of Topliss-reactive ketones (excluding diaryl/α,β-unsaturated/α-hetero) is 1. The molecule has 0 spiro atoms. The number of carbonyl (C=O) groups is 2. The van der Waals surface area contributed by atoms with Gasteiger partial charge >= 0.3 is 5.97 Å².